The molecular weight excluding hydrogens is 202 g/mol. The van der Waals surface area contributed by atoms with Gasteiger partial charge >= 0.3 is 0 Å². The van der Waals surface area contributed by atoms with Crippen LogP contribution in [0.25, 0.3) is 0 Å². The third-order valence-corrected chi connectivity index (χ3v) is 2.74. The Bertz CT molecular complexity index is 341. The van der Waals surface area contributed by atoms with E-state index in [0.29, 0.717) is 6.04 Å². The number of rotatable bonds is 4. The number of nitrogens with zero attached hydrogens (tertiary/aromatic N) is 3. The Morgan fingerprint density at radius 1 is 1.44 bits per heavy atom. The lowest BCUT2D eigenvalue weighted by Gasteiger charge is -2.13. The van der Waals surface area contributed by atoms with Gasteiger partial charge in [0.05, 0.1) is 12.4 Å². The zero-order valence-electron chi connectivity index (χ0n) is 9.90. The number of hydrogen-bond donors (Lipinski definition) is 2. The van der Waals surface area contributed by atoms with Crippen LogP contribution in [0.15, 0.2) is 12.4 Å². The average Bonchev–Trinajstić information content (AvgIpc) is 2.65. The second-order valence-electron chi connectivity index (χ2n) is 4.21. The summed E-state index contributed by atoms with van der Waals surface area (Å²) < 4.78 is 0. The molecule has 5 heteroatoms. The van der Waals surface area contributed by atoms with Crippen LogP contribution in [0.1, 0.15) is 13.3 Å². The number of nitrogens with one attached hydrogen (secondary N) is 2. The molecule has 0 aromatic carbocycles. The van der Waals surface area contributed by atoms with E-state index in [1.165, 1.54) is 6.42 Å². The molecule has 0 aliphatic carbocycles. The summed E-state index contributed by atoms with van der Waals surface area (Å²) in [5.41, 5.74) is 0. The lowest BCUT2D eigenvalue weighted by molar-refractivity contribution is 0.414. The van der Waals surface area contributed by atoms with E-state index < -0.39 is 0 Å². The molecule has 0 bridgehead atoms. The van der Waals surface area contributed by atoms with Gasteiger partial charge in [0.25, 0.3) is 0 Å². The fraction of sp³-hybridized carbons (Fsp3) is 0.636. The summed E-state index contributed by atoms with van der Waals surface area (Å²) in [6, 6.07) is 0.496. The molecule has 88 valence electrons. The van der Waals surface area contributed by atoms with Crippen LogP contribution in [0.4, 0.5) is 11.6 Å². The first-order chi connectivity index (χ1) is 7.78. The first-order valence-corrected chi connectivity index (χ1v) is 5.79. The predicted molar refractivity (Wildman–Crippen MR) is 65.7 cm³/mol. The molecule has 1 aromatic heterocycles. The highest BCUT2D eigenvalue weighted by molar-refractivity contribution is 5.42. The molecule has 0 amide bonds. The van der Waals surface area contributed by atoms with E-state index in [9.17, 15) is 0 Å². The number of aromatic nitrogens is 2. The molecule has 0 radical (unpaired) electrons. The van der Waals surface area contributed by atoms with Crippen molar-refractivity contribution in [1.82, 2.24) is 14.9 Å². The van der Waals surface area contributed by atoms with Crippen LogP contribution in [0, 0.1) is 0 Å². The van der Waals surface area contributed by atoms with Gasteiger partial charge in [-0.3, -0.25) is 4.98 Å². The summed E-state index contributed by atoms with van der Waals surface area (Å²) in [7, 11) is 2.14. The number of hydrogen-bond acceptors (Lipinski definition) is 5. The molecule has 2 rings (SSSR count). The Morgan fingerprint density at radius 2 is 2.25 bits per heavy atom. The van der Waals surface area contributed by atoms with Gasteiger partial charge in [0.1, 0.15) is 11.6 Å². The summed E-state index contributed by atoms with van der Waals surface area (Å²) in [6.45, 7) is 5.14. The largest absolute Gasteiger partial charge is 0.369 e. The van der Waals surface area contributed by atoms with Gasteiger partial charge in [-0.25, -0.2) is 4.98 Å². The molecular formula is C11H19N5. The maximum Gasteiger partial charge on any atom is 0.147 e. The fourth-order valence-electron chi connectivity index (χ4n) is 1.96. The lowest BCUT2D eigenvalue weighted by Crippen LogP contribution is -2.24. The van der Waals surface area contributed by atoms with Crippen LogP contribution in [0.2, 0.25) is 0 Å². The summed E-state index contributed by atoms with van der Waals surface area (Å²) in [5.74, 6) is 1.69. The van der Waals surface area contributed by atoms with E-state index in [0.717, 1.165) is 31.3 Å². The van der Waals surface area contributed by atoms with Crippen molar-refractivity contribution in [3.05, 3.63) is 12.4 Å². The minimum absolute atomic E-state index is 0.496. The topological polar surface area (TPSA) is 53.1 Å². The van der Waals surface area contributed by atoms with Crippen molar-refractivity contribution in [3.63, 3.8) is 0 Å². The highest BCUT2D eigenvalue weighted by atomic mass is 15.2. The second-order valence-corrected chi connectivity index (χ2v) is 4.21. The maximum absolute atomic E-state index is 4.45. The van der Waals surface area contributed by atoms with Gasteiger partial charge in [0, 0.05) is 19.1 Å². The third-order valence-electron chi connectivity index (χ3n) is 2.74. The van der Waals surface area contributed by atoms with E-state index in [2.05, 4.69) is 32.5 Å². The van der Waals surface area contributed by atoms with Crippen LogP contribution in [-0.2, 0) is 0 Å². The molecule has 1 fully saturated rings. The quantitative estimate of drug-likeness (QED) is 0.795. The van der Waals surface area contributed by atoms with Crippen molar-refractivity contribution in [2.75, 3.05) is 37.3 Å². The number of likely N-dealkylation sites (tertiary alicyclic amines) is 1. The van der Waals surface area contributed by atoms with Crippen LogP contribution < -0.4 is 10.6 Å². The highest BCUT2D eigenvalue weighted by Crippen LogP contribution is 2.13. The van der Waals surface area contributed by atoms with Crippen molar-refractivity contribution in [1.29, 1.82) is 0 Å². The Labute approximate surface area is 96.3 Å². The zero-order valence-corrected chi connectivity index (χ0v) is 9.90. The van der Waals surface area contributed by atoms with Crippen molar-refractivity contribution in [2.45, 2.75) is 19.4 Å². The van der Waals surface area contributed by atoms with Crippen molar-refractivity contribution in [3.8, 4) is 0 Å². The molecule has 5 nitrogen and oxygen atoms in total. The summed E-state index contributed by atoms with van der Waals surface area (Å²) in [6.07, 6.45) is 4.69. The predicted octanol–water partition coefficient (Wildman–Crippen LogP) is 1.02. The monoisotopic (exact) mass is 221 g/mol. The Hall–Kier alpha value is -1.36. The van der Waals surface area contributed by atoms with Gasteiger partial charge in [-0.1, -0.05) is 0 Å². The van der Waals surface area contributed by atoms with E-state index in [1.54, 1.807) is 12.4 Å². The molecule has 1 saturated heterocycles. The normalized spacial score (nSPS) is 21.0. The SMILES string of the molecule is CCNc1cncc(NC2CCN(C)C2)n1. The van der Waals surface area contributed by atoms with Gasteiger partial charge in [0.15, 0.2) is 0 Å². The third kappa shape index (κ3) is 2.82. The molecule has 2 heterocycles. The average molecular weight is 221 g/mol. The van der Waals surface area contributed by atoms with E-state index in [-0.39, 0.29) is 0 Å². The summed E-state index contributed by atoms with van der Waals surface area (Å²) in [4.78, 5) is 10.9. The molecule has 1 atom stereocenters. The molecule has 1 aliphatic heterocycles. The van der Waals surface area contributed by atoms with Gasteiger partial charge in [-0.05, 0) is 26.9 Å². The van der Waals surface area contributed by atoms with E-state index >= 15 is 0 Å². The highest BCUT2D eigenvalue weighted by Gasteiger charge is 2.19. The minimum Gasteiger partial charge on any atom is -0.369 e. The zero-order chi connectivity index (χ0) is 11.4. The van der Waals surface area contributed by atoms with E-state index in [4.69, 9.17) is 0 Å². The Kier molecular flexibility index (Phi) is 3.56. The van der Waals surface area contributed by atoms with Crippen molar-refractivity contribution >= 4 is 11.6 Å². The summed E-state index contributed by atoms with van der Waals surface area (Å²) in [5, 5.41) is 6.57. The van der Waals surface area contributed by atoms with Crippen LogP contribution in [0.5, 0.6) is 0 Å². The molecule has 1 unspecified atom stereocenters. The van der Waals surface area contributed by atoms with Gasteiger partial charge in [-0.15, -0.1) is 0 Å². The van der Waals surface area contributed by atoms with Gasteiger partial charge < -0.3 is 15.5 Å². The fourth-order valence-corrected chi connectivity index (χ4v) is 1.96. The van der Waals surface area contributed by atoms with E-state index in [1.807, 2.05) is 6.92 Å². The number of likely N-dealkylation sites (N-methyl/N-ethyl adjacent to an activating group) is 1. The maximum atomic E-state index is 4.45. The molecule has 1 aromatic rings. The van der Waals surface area contributed by atoms with Crippen molar-refractivity contribution < 1.29 is 0 Å². The summed E-state index contributed by atoms with van der Waals surface area (Å²) >= 11 is 0. The first kappa shape index (κ1) is 11.1. The van der Waals surface area contributed by atoms with Crippen molar-refractivity contribution in [2.24, 2.45) is 0 Å². The smallest absolute Gasteiger partial charge is 0.147 e. The van der Waals surface area contributed by atoms with Crippen LogP contribution in [-0.4, -0.2) is 47.6 Å². The molecule has 16 heavy (non-hydrogen) atoms. The minimum atomic E-state index is 0.496. The molecule has 0 saturated carbocycles. The Morgan fingerprint density at radius 3 is 2.94 bits per heavy atom. The lowest BCUT2D eigenvalue weighted by atomic mass is 10.3. The van der Waals surface area contributed by atoms with Crippen LogP contribution in [0.3, 0.4) is 0 Å². The molecule has 1 aliphatic rings. The van der Waals surface area contributed by atoms with Gasteiger partial charge in [-0.2, -0.15) is 0 Å². The standard InChI is InChI=1S/C11H19N5/c1-3-13-10-6-12-7-11(15-10)14-9-4-5-16(2)8-9/h6-7,9H,3-5,8H2,1-2H3,(H2,13,14,15). The van der Waals surface area contributed by atoms with Gasteiger partial charge in [0.2, 0.25) is 0 Å². The molecule has 0 spiro atoms. The number of anilines is 2. The second kappa shape index (κ2) is 5.12. The Balaban J connectivity index is 1.95. The molecule has 2 N–H and O–H groups in total. The van der Waals surface area contributed by atoms with Crippen LogP contribution >= 0.6 is 0 Å². The first-order valence-electron chi connectivity index (χ1n) is 5.79.